The lowest BCUT2D eigenvalue weighted by Crippen LogP contribution is -2.49. The normalized spacial score (nSPS) is 25.4. The summed E-state index contributed by atoms with van der Waals surface area (Å²) < 4.78 is 0. The first-order chi connectivity index (χ1) is 10.2. The second kappa shape index (κ2) is 6.90. The number of carboxylic acid groups (broad SMARTS) is 1. The predicted molar refractivity (Wildman–Crippen MR) is 84.8 cm³/mol. The van der Waals surface area contributed by atoms with Gasteiger partial charge in [0.2, 0.25) is 0 Å². The van der Waals surface area contributed by atoms with Crippen LogP contribution < -0.4 is 0 Å². The van der Waals surface area contributed by atoms with E-state index in [0.717, 1.165) is 58.3 Å². The van der Waals surface area contributed by atoms with Gasteiger partial charge >= 0.3 is 5.97 Å². The van der Waals surface area contributed by atoms with Gasteiger partial charge in [-0.2, -0.15) is 0 Å². The Morgan fingerprint density at radius 1 is 1.29 bits per heavy atom. The van der Waals surface area contributed by atoms with Gasteiger partial charge in [0.05, 0.1) is 0 Å². The van der Waals surface area contributed by atoms with Crippen LogP contribution in [0.25, 0.3) is 0 Å². The van der Waals surface area contributed by atoms with Crippen molar-refractivity contribution in [2.45, 2.75) is 44.2 Å². The van der Waals surface area contributed by atoms with E-state index in [1.807, 2.05) is 11.3 Å². The third kappa shape index (κ3) is 3.65. The van der Waals surface area contributed by atoms with Crippen LogP contribution in [0.1, 0.15) is 30.6 Å². The summed E-state index contributed by atoms with van der Waals surface area (Å²) in [4.78, 5) is 17.5. The number of carboxylic acids is 1. The van der Waals surface area contributed by atoms with Crippen molar-refractivity contribution in [3.63, 3.8) is 0 Å². The summed E-state index contributed by atoms with van der Waals surface area (Å²) in [5.74, 6) is -0.632. The third-order valence-corrected chi connectivity index (χ3v) is 5.80. The maximum atomic E-state index is 11.3. The molecule has 0 aliphatic carbocycles. The van der Waals surface area contributed by atoms with Crippen LogP contribution in [0.2, 0.25) is 0 Å². The summed E-state index contributed by atoms with van der Waals surface area (Å²) in [6, 6.07) is 4.57. The van der Waals surface area contributed by atoms with E-state index < -0.39 is 5.97 Å². The van der Waals surface area contributed by atoms with Crippen LogP contribution in [-0.4, -0.2) is 59.1 Å². The van der Waals surface area contributed by atoms with Gasteiger partial charge in [0.1, 0.15) is 6.04 Å². The van der Waals surface area contributed by atoms with Crippen LogP contribution in [0, 0.1) is 0 Å². The number of hydrogen-bond acceptors (Lipinski definition) is 4. The molecule has 21 heavy (non-hydrogen) atoms. The molecule has 0 saturated carbocycles. The van der Waals surface area contributed by atoms with E-state index in [1.54, 1.807) is 0 Å². The second-order valence-corrected chi connectivity index (χ2v) is 7.17. The van der Waals surface area contributed by atoms with Crippen molar-refractivity contribution in [2.75, 3.05) is 26.2 Å². The SMILES string of the molecule is O=C(O)C1CCCN1C1CCN(CCc2cccs2)CC1. The van der Waals surface area contributed by atoms with E-state index in [-0.39, 0.29) is 6.04 Å². The van der Waals surface area contributed by atoms with Gasteiger partial charge in [0, 0.05) is 17.5 Å². The van der Waals surface area contributed by atoms with Crippen LogP contribution in [0.5, 0.6) is 0 Å². The van der Waals surface area contributed by atoms with Crippen LogP contribution in [0.3, 0.4) is 0 Å². The largest absolute Gasteiger partial charge is 0.480 e. The molecule has 2 aliphatic rings. The minimum absolute atomic E-state index is 0.229. The number of carbonyl (C=O) groups is 1. The molecule has 1 aromatic heterocycles. The maximum absolute atomic E-state index is 11.3. The smallest absolute Gasteiger partial charge is 0.320 e. The molecule has 0 radical (unpaired) electrons. The first-order valence-corrected chi connectivity index (χ1v) is 8.85. The fourth-order valence-electron chi connectivity index (χ4n) is 3.69. The summed E-state index contributed by atoms with van der Waals surface area (Å²) in [6.07, 6.45) is 5.25. The molecule has 2 saturated heterocycles. The van der Waals surface area contributed by atoms with E-state index in [1.165, 1.54) is 4.88 Å². The molecule has 3 heterocycles. The van der Waals surface area contributed by atoms with E-state index >= 15 is 0 Å². The highest BCUT2D eigenvalue weighted by Gasteiger charge is 2.36. The monoisotopic (exact) mass is 308 g/mol. The topological polar surface area (TPSA) is 43.8 Å². The summed E-state index contributed by atoms with van der Waals surface area (Å²) in [5, 5.41) is 11.4. The Morgan fingerprint density at radius 2 is 2.10 bits per heavy atom. The zero-order chi connectivity index (χ0) is 14.7. The van der Waals surface area contributed by atoms with Gasteiger partial charge < -0.3 is 10.0 Å². The molecule has 0 spiro atoms. The van der Waals surface area contributed by atoms with Gasteiger partial charge in [0.25, 0.3) is 0 Å². The number of piperidine rings is 1. The summed E-state index contributed by atoms with van der Waals surface area (Å²) >= 11 is 1.84. The first kappa shape index (κ1) is 15.0. The number of aliphatic carboxylic acids is 1. The minimum Gasteiger partial charge on any atom is -0.480 e. The first-order valence-electron chi connectivity index (χ1n) is 7.97. The van der Waals surface area contributed by atoms with E-state index in [2.05, 4.69) is 27.3 Å². The van der Waals surface area contributed by atoms with E-state index in [0.29, 0.717) is 6.04 Å². The van der Waals surface area contributed by atoms with Crippen molar-refractivity contribution in [2.24, 2.45) is 0 Å². The van der Waals surface area contributed by atoms with Gasteiger partial charge in [-0.15, -0.1) is 11.3 Å². The zero-order valence-electron chi connectivity index (χ0n) is 12.4. The maximum Gasteiger partial charge on any atom is 0.320 e. The molecule has 1 atom stereocenters. The highest BCUT2D eigenvalue weighted by Crippen LogP contribution is 2.26. The van der Waals surface area contributed by atoms with Gasteiger partial charge in [-0.3, -0.25) is 9.69 Å². The number of likely N-dealkylation sites (tertiary alicyclic amines) is 2. The number of nitrogens with zero attached hydrogens (tertiary/aromatic N) is 2. The van der Waals surface area contributed by atoms with Crippen LogP contribution >= 0.6 is 11.3 Å². The molecular formula is C16H24N2O2S. The highest BCUT2D eigenvalue weighted by molar-refractivity contribution is 7.09. The number of rotatable bonds is 5. The second-order valence-electron chi connectivity index (χ2n) is 6.14. The van der Waals surface area contributed by atoms with E-state index in [9.17, 15) is 9.90 Å². The minimum atomic E-state index is -0.632. The Balaban J connectivity index is 1.45. The molecule has 2 fully saturated rings. The summed E-state index contributed by atoms with van der Waals surface area (Å²) in [6.45, 7) is 4.32. The van der Waals surface area contributed by atoms with Crippen molar-refractivity contribution >= 4 is 17.3 Å². The van der Waals surface area contributed by atoms with Gasteiger partial charge in [0.15, 0.2) is 0 Å². The Morgan fingerprint density at radius 3 is 2.76 bits per heavy atom. The van der Waals surface area contributed by atoms with Crippen LogP contribution in [-0.2, 0) is 11.2 Å². The number of thiophene rings is 1. The molecule has 1 aromatic rings. The van der Waals surface area contributed by atoms with Crippen molar-refractivity contribution in [1.29, 1.82) is 0 Å². The standard InChI is InChI=1S/C16H24N2O2S/c19-16(20)15-4-1-8-18(15)13-5-9-17(10-6-13)11-7-14-3-2-12-21-14/h2-3,12-13,15H,1,4-11H2,(H,19,20). The van der Waals surface area contributed by atoms with Crippen molar-refractivity contribution in [3.8, 4) is 0 Å². The molecule has 2 aliphatic heterocycles. The fraction of sp³-hybridized carbons (Fsp3) is 0.688. The molecule has 0 bridgehead atoms. The molecule has 116 valence electrons. The molecule has 0 amide bonds. The van der Waals surface area contributed by atoms with Crippen molar-refractivity contribution in [1.82, 2.24) is 9.80 Å². The van der Waals surface area contributed by atoms with Crippen molar-refractivity contribution in [3.05, 3.63) is 22.4 Å². The molecule has 4 nitrogen and oxygen atoms in total. The summed E-state index contributed by atoms with van der Waals surface area (Å²) in [7, 11) is 0. The lowest BCUT2D eigenvalue weighted by atomic mass is 10.0. The summed E-state index contributed by atoms with van der Waals surface area (Å²) in [5.41, 5.74) is 0. The lowest BCUT2D eigenvalue weighted by molar-refractivity contribution is -0.143. The molecule has 1 N–H and O–H groups in total. The third-order valence-electron chi connectivity index (χ3n) is 4.86. The Bertz CT molecular complexity index is 455. The molecule has 3 rings (SSSR count). The molecule has 1 unspecified atom stereocenters. The molecule has 5 heteroatoms. The fourth-order valence-corrected chi connectivity index (χ4v) is 4.39. The lowest BCUT2D eigenvalue weighted by Gasteiger charge is -2.38. The van der Waals surface area contributed by atoms with Gasteiger partial charge in [-0.1, -0.05) is 6.07 Å². The molecule has 0 aromatic carbocycles. The van der Waals surface area contributed by atoms with Gasteiger partial charge in [-0.25, -0.2) is 0 Å². The van der Waals surface area contributed by atoms with Gasteiger partial charge in [-0.05, 0) is 63.2 Å². The Kier molecular flexibility index (Phi) is 4.93. The Hall–Kier alpha value is -0.910. The Labute approximate surface area is 130 Å². The molecular weight excluding hydrogens is 284 g/mol. The average molecular weight is 308 g/mol. The quantitative estimate of drug-likeness (QED) is 0.906. The van der Waals surface area contributed by atoms with E-state index in [4.69, 9.17) is 0 Å². The highest BCUT2D eigenvalue weighted by atomic mass is 32.1. The average Bonchev–Trinajstić information content (AvgIpc) is 3.17. The van der Waals surface area contributed by atoms with Crippen LogP contribution in [0.15, 0.2) is 17.5 Å². The van der Waals surface area contributed by atoms with Crippen LogP contribution in [0.4, 0.5) is 0 Å². The predicted octanol–water partition coefficient (Wildman–Crippen LogP) is 2.30. The van der Waals surface area contributed by atoms with Crippen molar-refractivity contribution < 1.29 is 9.90 Å². The zero-order valence-corrected chi connectivity index (χ0v) is 13.2. The number of hydrogen-bond donors (Lipinski definition) is 1.